The van der Waals surface area contributed by atoms with Crippen molar-refractivity contribution in [1.82, 2.24) is 0 Å². The lowest BCUT2D eigenvalue weighted by Gasteiger charge is -2.09. The smallest absolute Gasteiger partial charge is 0.299 e. The number of para-hydroxylation sites is 1. The van der Waals surface area contributed by atoms with Gasteiger partial charge in [-0.3, -0.25) is 20.2 Å². The molecule has 20 heteroatoms. The Hall–Kier alpha value is -3.64. The van der Waals surface area contributed by atoms with Crippen molar-refractivity contribution >= 4 is 17.1 Å². The molecule has 0 unspecified atom stereocenters. The lowest BCUT2D eigenvalue weighted by atomic mass is 10.2. The van der Waals surface area contributed by atoms with Gasteiger partial charge in [-0.1, -0.05) is 18.2 Å². The van der Waals surface area contributed by atoms with Crippen LogP contribution in [0.1, 0.15) is 0 Å². The second kappa shape index (κ2) is 37.6. The highest BCUT2D eigenvalue weighted by Gasteiger charge is 2.19. The fourth-order valence-electron chi connectivity index (χ4n) is 4.45. The van der Waals surface area contributed by atoms with E-state index in [-0.39, 0.29) is 30.2 Å². The molecule has 2 rings (SSSR count). The van der Waals surface area contributed by atoms with E-state index in [4.69, 9.17) is 61.6 Å². The Morgan fingerprint density at radius 3 is 1.05 bits per heavy atom. The fraction of sp³-hybridized carbons (Fsp3) is 0.684. The molecule has 0 radical (unpaired) electrons. The number of rotatable bonds is 43. The molecule has 20 nitrogen and oxygen atoms in total. The van der Waals surface area contributed by atoms with Gasteiger partial charge in [-0.2, -0.15) is 0 Å². The van der Waals surface area contributed by atoms with Crippen LogP contribution in [0.15, 0.2) is 48.5 Å². The van der Waals surface area contributed by atoms with Crippen molar-refractivity contribution in [3.63, 3.8) is 0 Å². The third kappa shape index (κ3) is 29.6. The summed E-state index contributed by atoms with van der Waals surface area (Å²) >= 11 is 0. The number of hydrogen-bond donors (Lipinski definition) is 1. The first-order valence-electron chi connectivity index (χ1n) is 19.4. The molecule has 0 fully saturated rings. The molecule has 0 saturated carbocycles. The normalized spacial score (nSPS) is 11.2. The van der Waals surface area contributed by atoms with E-state index in [1.54, 1.807) is 0 Å². The van der Waals surface area contributed by atoms with Gasteiger partial charge >= 0.3 is 0 Å². The molecule has 0 aliphatic rings. The zero-order valence-electron chi connectivity index (χ0n) is 33.3. The number of ether oxygens (including phenoxy) is 13. The van der Waals surface area contributed by atoms with Crippen LogP contribution in [0.3, 0.4) is 0 Å². The molecule has 58 heavy (non-hydrogen) atoms. The molecule has 0 atom stereocenters. The summed E-state index contributed by atoms with van der Waals surface area (Å²) in [5.41, 5.74) is -0.532. The van der Waals surface area contributed by atoms with Gasteiger partial charge in [0.15, 0.2) is 0 Å². The summed E-state index contributed by atoms with van der Waals surface area (Å²) in [6.45, 7) is 11.7. The highest BCUT2D eigenvalue weighted by atomic mass is 16.6. The van der Waals surface area contributed by atoms with E-state index in [0.29, 0.717) is 159 Å². The Kier molecular flexibility index (Phi) is 32.8. The topological polar surface area (TPSA) is 218 Å². The summed E-state index contributed by atoms with van der Waals surface area (Å²) in [6.07, 6.45) is 0. The highest BCUT2D eigenvalue weighted by molar-refractivity contribution is 5.65. The predicted octanol–water partition coefficient (Wildman–Crippen LogP) is 3.19. The maximum absolute atomic E-state index is 11.2. The number of benzene rings is 2. The van der Waals surface area contributed by atoms with Gasteiger partial charge in [0.25, 0.3) is 11.4 Å². The van der Waals surface area contributed by atoms with Crippen LogP contribution < -0.4 is 10.1 Å². The molecule has 0 saturated heterocycles. The maximum Gasteiger partial charge on any atom is 0.299 e. The van der Waals surface area contributed by atoms with Gasteiger partial charge in [0.2, 0.25) is 0 Å². The van der Waals surface area contributed by atoms with Gasteiger partial charge in [0, 0.05) is 12.6 Å². The summed E-state index contributed by atoms with van der Waals surface area (Å²) in [5, 5.41) is 24.8. The van der Waals surface area contributed by atoms with Crippen molar-refractivity contribution in [2.24, 2.45) is 0 Å². The zero-order chi connectivity index (χ0) is 41.4. The fourth-order valence-corrected chi connectivity index (χ4v) is 4.45. The molecule has 1 N–H and O–H groups in total. The molecule has 0 heterocycles. The summed E-state index contributed by atoms with van der Waals surface area (Å²) in [7, 11) is 0. The summed E-state index contributed by atoms with van der Waals surface area (Å²) < 4.78 is 71.2. The first-order chi connectivity index (χ1) is 28.6. The minimum absolute atomic E-state index is 0.183. The third-order valence-corrected chi connectivity index (χ3v) is 7.28. The molecule has 330 valence electrons. The molecule has 0 bridgehead atoms. The molecule has 0 aromatic heterocycles. The quantitative estimate of drug-likeness (QED) is 0.0576. The average molecular weight is 832 g/mol. The Morgan fingerprint density at radius 1 is 0.397 bits per heavy atom. The second-order valence-electron chi connectivity index (χ2n) is 11.7. The summed E-state index contributed by atoms with van der Waals surface area (Å²) in [4.78, 5) is 20.6. The minimum Gasteiger partial charge on any atom is -0.491 e. The Bertz CT molecular complexity index is 1270. The van der Waals surface area contributed by atoms with Crippen molar-refractivity contribution in [1.29, 1.82) is 0 Å². The van der Waals surface area contributed by atoms with E-state index in [1.807, 2.05) is 30.3 Å². The number of nitro groups is 2. The van der Waals surface area contributed by atoms with Crippen LogP contribution in [-0.2, 0) is 56.8 Å². The molecule has 0 aliphatic heterocycles. The van der Waals surface area contributed by atoms with E-state index >= 15 is 0 Å². The van der Waals surface area contributed by atoms with Crippen LogP contribution >= 0.6 is 0 Å². The maximum atomic E-state index is 11.2. The number of nitrogens with zero attached hydrogens (tertiary/aromatic N) is 2. The highest BCUT2D eigenvalue weighted by Crippen LogP contribution is 2.28. The Labute approximate surface area is 339 Å². The van der Waals surface area contributed by atoms with Gasteiger partial charge in [-0.05, 0) is 18.2 Å². The number of anilines is 1. The van der Waals surface area contributed by atoms with Crippen LogP contribution in [0.4, 0.5) is 17.1 Å². The van der Waals surface area contributed by atoms with Crippen molar-refractivity contribution in [2.75, 3.05) is 177 Å². The molecule has 2 aromatic carbocycles. The number of non-ortho nitro benzene ring substituents is 1. The Balaban J connectivity index is 1.16. The predicted molar refractivity (Wildman–Crippen MR) is 210 cm³/mol. The van der Waals surface area contributed by atoms with Gasteiger partial charge in [-0.15, -0.1) is 0 Å². The third-order valence-electron chi connectivity index (χ3n) is 7.28. The first-order valence-corrected chi connectivity index (χ1v) is 19.4. The molecule has 0 spiro atoms. The minimum atomic E-state index is -0.682. The lowest BCUT2D eigenvalue weighted by molar-refractivity contribution is -0.393. The van der Waals surface area contributed by atoms with E-state index in [9.17, 15) is 20.2 Å². The number of nitro benzene ring substituents is 2. The number of nitrogens with one attached hydrogen (secondary N) is 1. The standard InChI is InChI=1S/C38H61N3O17/c42-40(43)35-6-7-37(38(34-35)41(44)45)39-8-9-46-10-11-47-12-13-48-14-15-49-16-17-50-18-19-51-20-21-52-22-23-53-24-25-54-26-27-55-28-29-56-30-31-57-32-33-58-36-4-2-1-3-5-36/h1-7,34,39H,8-33H2. The second-order valence-corrected chi connectivity index (χ2v) is 11.7. The average Bonchev–Trinajstić information content (AvgIpc) is 3.23. The zero-order valence-corrected chi connectivity index (χ0v) is 33.3. The van der Waals surface area contributed by atoms with E-state index in [2.05, 4.69) is 5.32 Å². The molecule has 0 amide bonds. The Morgan fingerprint density at radius 2 is 0.724 bits per heavy atom. The van der Waals surface area contributed by atoms with Crippen LogP contribution in [-0.4, -0.2) is 182 Å². The van der Waals surface area contributed by atoms with Crippen LogP contribution in [0.25, 0.3) is 0 Å². The van der Waals surface area contributed by atoms with Crippen molar-refractivity contribution in [2.45, 2.75) is 0 Å². The summed E-state index contributed by atoms with van der Waals surface area (Å²) in [5.74, 6) is 0.833. The van der Waals surface area contributed by atoms with Crippen molar-refractivity contribution in [3.8, 4) is 5.75 Å². The molecule has 2 aromatic rings. The lowest BCUT2D eigenvalue weighted by Crippen LogP contribution is -2.16. The van der Waals surface area contributed by atoms with Gasteiger partial charge < -0.3 is 66.9 Å². The first kappa shape index (κ1) is 50.5. The van der Waals surface area contributed by atoms with Gasteiger partial charge in [-0.25, -0.2) is 0 Å². The SMILES string of the molecule is O=[N+]([O-])c1ccc(NCCOCCOCCOCCOCCOCCOCCOCCOCCOCCOCCOCCOCCOc2ccccc2)c([N+](=O)[O-])c1. The molecular weight excluding hydrogens is 770 g/mol. The molecular formula is C38H61N3O17. The van der Waals surface area contributed by atoms with Crippen LogP contribution in [0.5, 0.6) is 5.75 Å². The summed E-state index contributed by atoms with van der Waals surface area (Å²) in [6, 6.07) is 13.1. The van der Waals surface area contributed by atoms with Crippen LogP contribution in [0, 0.1) is 20.2 Å². The largest absolute Gasteiger partial charge is 0.491 e. The number of hydrogen-bond acceptors (Lipinski definition) is 18. The van der Waals surface area contributed by atoms with Crippen molar-refractivity contribution < 1.29 is 71.4 Å². The van der Waals surface area contributed by atoms with E-state index < -0.39 is 9.85 Å². The molecule has 0 aliphatic carbocycles. The monoisotopic (exact) mass is 831 g/mol. The van der Waals surface area contributed by atoms with E-state index in [0.717, 1.165) is 11.8 Å². The van der Waals surface area contributed by atoms with Gasteiger partial charge in [0.1, 0.15) is 18.0 Å². The van der Waals surface area contributed by atoms with E-state index in [1.165, 1.54) is 12.1 Å². The van der Waals surface area contributed by atoms with Gasteiger partial charge in [0.05, 0.1) is 174 Å². The van der Waals surface area contributed by atoms with Crippen LogP contribution in [0.2, 0.25) is 0 Å². The van der Waals surface area contributed by atoms with Crippen molar-refractivity contribution in [3.05, 3.63) is 68.8 Å².